The molecule has 0 bridgehead atoms. The quantitative estimate of drug-likeness (QED) is 0.503. The van der Waals surface area contributed by atoms with Gasteiger partial charge in [0.05, 0.1) is 5.92 Å². The number of halogens is 2. The average molecular weight is 484 g/mol. The molecule has 0 aromatic heterocycles. The van der Waals surface area contributed by atoms with Gasteiger partial charge >= 0.3 is 12.1 Å². The van der Waals surface area contributed by atoms with E-state index in [4.69, 9.17) is 9.84 Å². The van der Waals surface area contributed by atoms with Crippen LogP contribution in [-0.2, 0) is 14.3 Å². The first-order valence-corrected chi connectivity index (χ1v) is 11.8. The predicted octanol–water partition coefficient (Wildman–Crippen LogP) is 3.78. The lowest BCUT2D eigenvalue weighted by molar-refractivity contribution is -0.141. The van der Waals surface area contributed by atoms with E-state index in [1.165, 1.54) is 0 Å². The van der Waals surface area contributed by atoms with Crippen molar-refractivity contribution in [3.8, 4) is 11.1 Å². The zero-order valence-corrected chi connectivity index (χ0v) is 18.9. The van der Waals surface area contributed by atoms with E-state index in [0.717, 1.165) is 35.1 Å². The fourth-order valence-corrected chi connectivity index (χ4v) is 5.02. The van der Waals surface area contributed by atoms with E-state index in [0.29, 0.717) is 6.42 Å². The molecule has 0 aliphatic heterocycles. The summed E-state index contributed by atoms with van der Waals surface area (Å²) in [5.74, 6) is -8.63. The molecule has 2 fully saturated rings. The van der Waals surface area contributed by atoms with Gasteiger partial charge in [0.25, 0.3) is 5.92 Å². The van der Waals surface area contributed by atoms with Gasteiger partial charge < -0.3 is 20.5 Å². The second-order valence-electron chi connectivity index (χ2n) is 9.54. The number of amides is 2. The van der Waals surface area contributed by atoms with E-state index < -0.39 is 48.3 Å². The highest BCUT2D eigenvalue weighted by Gasteiger charge is 2.72. The largest absolute Gasteiger partial charge is 0.481 e. The minimum absolute atomic E-state index is 0.0895. The number of benzene rings is 2. The highest BCUT2D eigenvalue weighted by atomic mass is 19.3. The molecule has 35 heavy (non-hydrogen) atoms. The molecule has 2 amide bonds. The lowest BCUT2D eigenvalue weighted by Gasteiger charge is -2.19. The molecule has 3 N–H and O–H groups in total. The van der Waals surface area contributed by atoms with Crippen molar-refractivity contribution in [3.63, 3.8) is 0 Å². The first kappa shape index (κ1) is 23.3. The Labute approximate surface area is 200 Å². The second kappa shape index (κ2) is 8.94. The molecule has 3 unspecified atom stereocenters. The number of rotatable bonds is 9. The summed E-state index contributed by atoms with van der Waals surface area (Å²) in [4.78, 5) is 36.2. The predicted molar refractivity (Wildman–Crippen MR) is 122 cm³/mol. The highest BCUT2D eigenvalue weighted by molar-refractivity contribution is 5.86. The van der Waals surface area contributed by atoms with Gasteiger partial charge in [-0.25, -0.2) is 13.6 Å². The number of fused-ring (bicyclic) bond motifs is 3. The van der Waals surface area contributed by atoms with Crippen molar-refractivity contribution in [2.24, 2.45) is 17.8 Å². The molecule has 2 saturated carbocycles. The first-order chi connectivity index (χ1) is 16.8. The van der Waals surface area contributed by atoms with E-state index in [9.17, 15) is 23.2 Å². The van der Waals surface area contributed by atoms with Gasteiger partial charge in [0.2, 0.25) is 5.91 Å². The summed E-state index contributed by atoms with van der Waals surface area (Å²) in [7, 11) is 0. The van der Waals surface area contributed by atoms with Crippen molar-refractivity contribution in [2.75, 3.05) is 13.2 Å². The smallest absolute Gasteiger partial charge is 0.407 e. The standard InChI is InChI=1S/C26H26F2N2O5/c27-26(28)20(22(26)24(32)33)12-29-23(31)21(11-14-9-10-14)30-25(34)35-13-19-17-7-3-1-5-15(17)16-6-2-4-8-18(16)19/h1-8,14,19-22H,9-13H2,(H,29,31)(H,30,34)(H,32,33). The van der Waals surface area contributed by atoms with Gasteiger partial charge in [-0.3, -0.25) is 9.59 Å². The van der Waals surface area contributed by atoms with Crippen molar-refractivity contribution < 1.29 is 33.0 Å². The minimum Gasteiger partial charge on any atom is -0.481 e. The zero-order valence-electron chi connectivity index (χ0n) is 18.9. The third kappa shape index (κ3) is 4.59. The van der Waals surface area contributed by atoms with Crippen LogP contribution in [0.15, 0.2) is 48.5 Å². The number of carboxylic acid groups (broad SMARTS) is 1. The van der Waals surface area contributed by atoms with Gasteiger partial charge in [-0.05, 0) is 34.6 Å². The molecule has 9 heteroatoms. The van der Waals surface area contributed by atoms with Crippen LogP contribution in [0.5, 0.6) is 0 Å². The maximum absolute atomic E-state index is 13.6. The molecule has 2 aromatic rings. The van der Waals surface area contributed by atoms with Crippen LogP contribution < -0.4 is 10.6 Å². The van der Waals surface area contributed by atoms with E-state index in [1.807, 2.05) is 48.5 Å². The van der Waals surface area contributed by atoms with Crippen LogP contribution in [0.1, 0.15) is 36.3 Å². The summed E-state index contributed by atoms with van der Waals surface area (Å²) >= 11 is 0. The van der Waals surface area contributed by atoms with Gasteiger partial charge in [-0.15, -0.1) is 0 Å². The van der Waals surface area contributed by atoms with Crippen molar-refractivity contribution in [2.45, 2.75) is 37.1 Å². The van der Waals surface area contributed by atoms with Gasteiger partial charge in [0.15, 0.2) is 0 Å². The number of ether oxygens (including phenoxy) is 1. The molecule has 0 heterocycles. The molecular formula is C26H26F2N2O5. The normalized spacial score (nSPS) is 22.5. The van der Waals surface area contributed by atoms with E-state index in [2.05, 4.69) is 10.6 Å². The summed E-state index contributed by atoms with van der Waals surface area (Å²) < 4.78 is 32.8. The molecule has 2 aromatic carbocycles. The van der Waals surface area contributed by atoms with Crippen LogP contribution in [0.2, 0.25) is 0 Å². The number of nitrogens with one attached hydrogen (secondary N) is 2. The third-order valence-corrected chi connectivity index (χ3v) is 7.18. The molecule has 184 valence electrons. The molecule has 3 aliphatic carbocycles. The number of carbonyl (C=O) groups is 3. The SMILES string of the molecule is O=C(NC(CC1CC1)C(=O)NCC1C(C(=O)O)C1(F)F)OCC1c2ccccc2-c2ccccc21. The Balaban J connectivity index is 1.19. The Morgan fingerprint density at radius 3 is 2.17 bits per heavy atom. The summed E-state index contributed by atoms with van der Waals surface area (Å²) in [5, 5.41) is 13.9. The zero-order chi connectivity index (χ0) is 24.7. The van der Waals surface area contributed by atoms with Crippen molar-refractivity contribution in [1.82, 2.24) is 10.6 Å². The van der Waals surface area contributed by atoms with E-state index in [1.54, 1.807) is 0 Å². The lowest BCUT2D eigenvalue weighted by atomic mass is 9.98. The van der Waals surface area contributed by atoms with Gasteiger partial charge in [-0.2, -0.15) is 0 Å². The molecule has 0 spiro atoms. The number of hydrogen-bond donors (Lipinski definition) is 3. The molecule has 5 rings (SSSR count). The van der Waals surface area contributed by atoms with Crippen LogP contribution in [0, 0.1) is 17.8 Å². The maximum atomic E-state index is 13.6. The number of alkyl halides is 2. The van der Waals surface area contributed by atoms with Crippen LogP contribution in [0.4, 0.5) is 13.6 Å². The fraction of sp³-hybridized carbons (Fsp3) is 0.423. The molecule has 3 atom stereocenters. The molecule has 0 radical (unpaired) electrons. The number of aliphatic carboxylic acids is 1. The number of carboxylic acids is 1. The summed E-state index contributed by atoms with van der Waals surface area (Å²) in [6.07, 6.45) is 1.47. The Kier molecular flexibility index (Phi) is 5.94. The minimum atomic E-state index is -3.34. The molecule has 3 aliphatic rings. The third-order valence-electron chi connectivity index (χ3n) is 7.18. The van der Waals surface area contributed by atoms with E-state index >= 15 is 0 Å². The summed E-state index contributed by atoms with van der Waals surface area (Å²) in [6.45, 7) is -0.372. The van der Waals surface area contributed by atoms with Crippen LogP contribution in [0.3, 0.4) is 0 Å². The van der Waals surface area contributed by atoms with Crippen molar-refractivity contribution in [1.29, 1.82) is 0 Å². The topological polar surface area (TPSA) is 105 Å². The monoisotopic (exact) mass is 484 g/mol. The Morgan fingerprint density at radius 1 is 1.03 bits per heavy atom. The molecule has 0 saturated heterocycles. The lowest BCUT2D eigenvalue weighted by Crippen LogP contribution is -2.48. The average Bonchev–Trinajstić information content (AvgIpc) is 3.71. The maximum Gasteiger partial charge on any atom is 0.407 e. The first-order valence-electron chi connectivity index (χ1n) is 11.8. The molecule has 7 nitrogen and oxygen atoms in total. The van der Waals surface area contributed by atoms with Gasteiger partial charge in [0.1, 0.15) is 18.6 Å². The van der Waals surface area contributed by atoms with E-state index in [-0.39, 0.29) is 18.4 Å². The number of alkyl carbamates (subject to hydrolysis) is 1. The van der Waals surface area contributed by atoms with Crippen molar-refractivity contribution in [3.05, 3.63) is 59.7 Å². The fourth-order valence-electron chi connectivity index (χ4n) is 5.02. The van der Waals surface area contributed by atoms with Crippen LogP contribution in [-0.4, -0.2) is 48.2 Å². The Hall–Kier alpha value is -3.49. The van der Waals surface area contributed by atoms with Crippen LogP contribution in [0.25, 0.3) is 11.1 Å². The Bertz CT molecular complexity index is 1120. The summed E-state index contributed by atoms with van der Waals surface area (Å²) in [5.41, 5.74) is 4.32. The Morgan fingerprint density at radius 2 is 1.63 bits per heavy atom. The van der Waals surface area contributed by atoms with Crippen LogP contribution >= 0.6 is 0 Å². The number of hydrogen-bond acceptors (Lipinski definition) is 4. The van der Waals surface area contributed by atoms with Crippen molar-refractivity contribution >= 4 is 18.0 Å². The van der Waals surface area contributed by atoms with Gasteiger partial charge in [-0.1, -0.05) is 61.4 Å². The second-order valence-corrected chi connectivity index (χ2v) is 9.54. The molecular weight excluding hydrogens is 458 g/mol. The summed E-state index contributed by atoms with van der Waals surface area (Å²) in [6, 6.07) is 14.9. The number of carbonyl (C=O) groups excluding carboxylic acids is 2. The van der Waals surface area contributed by atoms with Gasteiger partial charge in [0, 0.05) is 12.5 Å². The highest BCUT2D eigenvalue weighted by Crippen LogP contribution is 2.55.